The summed E-state index contributed by atoms with van der Waals surface area (Å²) >= 11 is 0. The van der Waals surface area contributed by atoms with Crippen molar-refractivity contribution in [2.75, 3.05) is 12.3 Å². The van der Waals surface area contributed by atoms with Gasteiger partial charge in [0.05, 0.1) is 5.69 Å². The Bertz CT molecular complexity index is 835. The van der Waals surface area contributed by atoms with Crippen molar-refractivity contribution < 1.29 is 14.5 Å². The van der Waals surface area contributed by atoms with E-state index in [9.17, 15) is 9.18 Å². The smallest absolute Gasteiger partial charge is 0.223 e. The van der Waals surface area contributed by atoms with Crippen LogP contribution in [-0.2, 0) is 4.79 Å². The third-order valence-corrected chi connectivity index (χ3v) is 5.49. The molecule has 1 aromatic carbocycles. The molecule has 0 spiro atoms. The first kappa shape index (κ1) is 20.0. The molecule has 0 radical (unpaired) electrons. The molecular formula is C22H28FN4O+. The van der Waals surface area contributed by atoms with Crippen molar-refractivity contribution in [3.63, 3.8) is 0 Å². The number of halogens is 1. The Morgan fingerprint density at radius 3 is 2.79 bits per heavy atom. The minimum Gasteiger partial charge on any atom is -0.394 e. The van der Waals surface area contributed by atoms with Gasteiger partial charge in [0, 0.05) is 18.9 Å². The van der Waals surface area contributed by atoms with Crippen molar-refractivity contribution in [1.29, 1.82) is 0 Å². The van der Waals surface area contributed by atoms with Crippen LogP contribution in [0.5, 0.6) is 0 Å². The van der Waals surface area contributed by atoms with Gasteiger partial charge in [-0.25, -0.2) is 4.39 Å². The molecule has 0 aromatic heterocycles. The summed E-state index contributed by atoms with van der Waals surface area (Å²) in [6.45, 7) is 7.23. The zero-order valence-corrected chi connectivity index (χ0v) is 16.1. The average molecular weight is 383 g/mol. The maximum Gasteiger partial charge on any atom is 0.223 e. The lowest BCUT2D eigenvalue weighted by atomic mass is 9.80. The third kappa shape index (κ3) is 4.75. The molecule has 3 rings (SSSR count). The summed E-state index contributed by atoms with van der Waals surface area (Å²) in [6, 6.07) is 5.80. The maximum atomic E-state index is 13.6. The van der Waals surface area contributed by atoms with Crippen LogP contribution < -0.4 is 16.4 Å². The van der Waals surface area contributed by atoms with Gasteiger partial charge >= 0.3 is 0 Å². The molecule has 5 N–H and O–H groups in total. The van der Waals surface area contributed by atoms with Crippen molar-refractivity contribution in [3.05, 3.63) is 54.9 Å². The second-order valence-corrected chi connectivity index (χ2v) is 7.52. The fourth-order valence-electron chi connectivity index (χ4n) is 3.85. The molecule has 1 aromatic rings. The Hall–Kier alpha value is -2.73. The van der Waals surface area contributed by atoms with Gasteiger partial charge in [-0.2, -0.15) is 4.99 Å². The minimum atomic E-state index is -0.450. The summed E-state index contributed by atoms with van der Waals surface area (Å²) in [7, 11) is 0. The predicted octanol–water partition coefficient (Wildman–Crippen LogP) is 3.42. The van der Waals surface area contributed by atoms with E-state index in [2.05, 4.69) is 28.8 Å². The molecule has 0 atom stereocenters. The molecule has 0 saturated heterocycles. The SMILES string of the molecule is C=C/C=C(/F)C(=C)CNC(=O)C1CCC(CC2=Nc3cccc(N)c3[NH2+]2)CC1. The van der Waals surface area contributed by atoms with E-state index in [-0.39, 0.29) is 23.9 Å². The normalized spacial score (nSPS) is 21.6. The summed E-state index contributed by atoms with van der Waals surface area (Å²) in [6.07, 6.45) is 7.19. The van der Waals surface area contributed by atoms with E-state index in [1.807, 2.05) is 18.2 Å². The number of allylic oxidation sites excluding steroid dienone is 2. The number of carbonyl (C=O) groups is 1. The van der Waals surface area contributed by atoms with Crippen molar-refractivity contribution in [2.24, 2.45) is 16.8 Å². The number of nitrogens with two attached hydrogens (primary N) is 2. The lowest BCUT2D eigenvalue weighted by Crippen LogP contribution is -2.81. The van der Waals surface area contributed by atoms with Crippen LogP contribution in [-0.4, -0.2) is 18.3 Å². The summed E-state index contributed by atoms with van der Waals surface area (Å²) in [5.41, 5.74) is 9.00. The number of hydrogen-bond acceptors (Lipinski definition) is 3. The number of quaternary nitrogens is 1. The molecule has 1 fully saturated rings. The lowest BCUT2D eigenvalue weighted by Gasteiger charge is -2.27. The number of anilines is 1. The van der Waals surface area contributed by atoms with Crippen molar-refractivity contribution in [2.45, 2.75) is 32.1 Å². The topological polar surface area (TPSA) is 84.1 Å². The zero-order valence-electron chi connectivity index (χ0n) is 16.1. The van der Waals surface area contributed by atoms with Gasteiger partial charge in [0.2, 0.25) is 11.7 Å². The first-order valence-corrected chi connectivity index (χ1v) is 9.72. The number of para-hydroxylation sites is 1. The predicted molar refractivity (Wildman–Crippen MR) is 111 cm³/mol. The van der Waals surface area contributed by atoms with Crippen LogP contribution in [0, 0.1) is 11.8 Å². The van der Waals surface area contributed by atoms with E-state index in [1.165, 1.54) is 12.2 Å². The molecule has 0 unspecified atom stereocenters. The Morgan fingerprint density at radius 1 is 1.36 bits per heavy atom. The number of nitrogen functional groups attached to an aromatic ring is 1. The molecule has 1 aliphatic heterocycles. The monoisotopic (exact) mass is 383 g/mol. The number of amidine groups is 1. The fraction of sp³-hybridized carbons (Fsp3) is 0.364. The number of carbonyl (C=O) groups excluding carboxylic acids is 1. The van der Waals surface area contributed by atoms with Crippen LogP contribution >= 0.6 is 0 Å². The molecule has 1 saturated carbocycles. The number of fused-ring (bicyclic) bond motifs is 1. The molecule has 0 bridgehead atoms. The Labute approximate surface area is 165 Å². The van der Waals surface area contributed by atoms with Gasteiger partial charge in [0.25, 0.3) is 0 Å². The van der Waals surface area contributed by atoms with E-state index < -0.39 is 5.83 Å². The molecule has 28 heavy (non-hydrogen) atoms. The number of benzene rings is 1. The maximum absolute atomic E-state index is 13.6. The van der Waals surface area contributed by atoms with Crippen LogP contribution in [0.3, 0.4) is 0 Å². The second kappa shape index (κ2) is 8.97. The van der Waals surface area contributed by atoms with E-state index in [1.54, 1.807) is 0 Å². The Balaban J connectivity index is 1.43. The Morgan fingerprint density at radius 2 is 2.11 bits per heavy atom. The average Bonchev–Trinajstić information content (AvgIpc) is 3.10. The van der Waals surface area contributed by atoms with E-state index >= 15 is 0 Å². The molecule has 148 valence electrons. The first-order valence-electron chi connectivity index (χ1n) is 9.72. The van der Waals surface area contributed by atoms with Gasteiger partial charge in [-0.05, 0) is 55.4 Å². The number of rotatable bonds is 7. The number of nitrogens with zero attached hydrogens (tertiary/aromatic N) is 1. The molecule has 5 nitrogen and oxygen atoms in total. The van der Waals surface area contributed by atoms with Crippen LogP contribution in [0.15, 0.2) is 59.9 Å². The van der Waals surface area contributed by atoms with Gasteiger partial charge in [-0.1, -0.05) is 25.3 Å². The van der Waals surface area contributed by atoms with Gasteiger partial charge in [-0.15, -0.1) is 0 Å². The van der Waals surface area contributed by atoms with Crippen molar-refractivity contribution in [3.8, 4) is 0 Å². The van der Waals surface area contributed by atoms with Gasteiger partial charge in [-0.3, -0.25) is 10.1 Å². The van der Waals surface area contributed by atoms with Gasteiger partial charge in [0.1, 0.15) is 11.5 Å². The molecule has 1 aliphatic carbocycles. The molecule has 2 aliphatic rings. The molecular weight excluding hydrogens is 355 g/mol. The highest BCUT2D eigenvalue weighted by Gasteiger charge is 2.30. The van der Waals surface area contributed by atoms with E-state index in [0.717, 1.165) is 55.0 Å². The molecule has 1 heterocycles. The fourth-order valence-corrected chi connectivity index (χ4v) is 3.85. The highest BCUT2D eigenvalue weighted by atomic mass is 19.1. The largest absolute Gasteiger partial charge is 0.394 e. The number of hydrogen-bond donors (Lipinski definition) is 3. The number of amides is 1. The van der Waals surface area contributed by atoms with Crippen LogP contribution in [0.2, 0.25) is 0 Å². The third-order valence-electron chi connectivity index (χ3n) is 5.49. The summed E-state index contributed by atoms with van der Waals surface area (Å²) in [5, 5.41) is 4.88. The quantitative estimate of drug-likeness (QED) is 0.498. The summed E-state index contributed by atoms with van der Waals surface area (Å²) in [4.78, 5) is 17.0. The highest BCUT2D eigenvalue weighted by molar-refractivity contribution is 5.89. The minimum absolute atomic E-state index is 0.0159. The number of aliphatic imine (C=N–C) groups is 1. The first-order chi connectivity index (χ1) is 13.5. The summed E-state index contributed by atoms with van der Waals surface area (Å²) < 4.78 is 13.6. The van der Waals surface area contributed by atoms with E-state index in [4.69, 9.17) is 5.73 Å². The lowest BCUT2D eigenvalue weighted by molar-refractivity contribution is -0.440. The standard InChI is InChI=1S/C22H27FN4O/c1-3-5-17(23)14(2)13-25-22(28)16-10-8-15(9-11-16)12-20-26-19-7-4-6-18(24)21(19)27-20/h3-7,15-16H,1-2,8-13,24H2,(H,25,28)(H,26,27)/p+1/b17-5+. The highest BCUT2D eigenvalue weighted by Crippen LogP contribution is 2.34. The van der Waals surface area contributed by atoms with Crippen molar-refractivity contribution in [1.82, 2.24) is 5.32 Å². The van der Waals surface area contributed by atoms with Crippen LogP contribution in [0.4, 0.5) is 21.5 Å². The number of nitrogens with one attached hydrogen (secondary N) is 1. The molecule has 1 amide bonds. The van der Waals surface area contributed by atoms with Crippen LogP contribution in [0.25, 0.3) is 0 Å². The second-order valence-electron chi connectivity index (χ2n) is 7.52. The summed E-state index contributed by atoms with van der Waals surface area (Å²) in [5.74, 6) is 1.11. The molecule has 6 heteroatoms. The van der Waals surface area contributed by atoms with Gasteiger partial charge < -0.3 is 11.1 Å². The van der Waals surface area contributed by atoms with Gasteiger partial charge in [0.15, 0.2) is 5.69 Å². The van der Waals surface area contributed by atoms with E-state index in [0.29, 0.717) is 5.92 Å². The van der Waals surface area contributed by atoms with Crippen LogP contribution in [0.1, 0.15) is 32.1 Å². The Kier molecular flexibility index (Phi) is 6.41. The zero-order chi connectivity index (χ0) is 20.1. The van der Waals surface area contributed by atoms with Crippen molar-refractivity contribution >= 4 is 28.8 Å².